The number of benzene rings is 1. The Bertz CT molecular complexity index is 507. The quantitative estimate of drug-likeness (QED) is 0.839. The number of primary amides is 1. The van der Waals surface area contributed by atoms with Gasteiger partial charge in [-0.05, 0) is 38.2 Å². The van der Waals surface area contributed by atoms with Crippen LogP contribution < -0.4 is 11.1 Å². The van der Waals surface area contributed by atoms with Crippen LogP contribution in [0.3, 0.4) is 0 Å². The molecule has 1 aromatic carbocycles. The van der Waals surface area contributed by atoms with E-state index in [-0.39, 0.29) is 11.9 Å². The van der Waals surface area contributed by atoms with E-state index in [1.807, 2.05) is 6.92 Å². The fourth-order valence-corrected chi connectivity index (χ4v) is 2.34. The van der Waals surface area contributed by atoms with Crippen LogP contribution in [0.2, 0.25) is 0 Å². The number of carbonyl (C=O) groups excluding carboxylic acids is 2. The Hall–Kier alpha value is -1.92. The van der Waals surface area contributed by atoms with E-state index < -0.39 is 5.91 Å². The number of amides is 2. The number of nitrogens with one attached hydrogen (secondary N) is 1. The first-order valence-electron chi connectivity index (χ1n) is 7.10. The molecule has 0 aromatic heterocycles. The molecule has 0 spiro atoms. The first-order chi connectivity index (χ1) is 9.97. The number of piperazine rings is 1. The molecule has 1 atom stereocenters. The lowest BCUT2D eigenvalue weighted by Gasteiger charge is -2.35. The SMILES string of the molecule is C[C@@H](C(=O)Nc1ccc(C(N)=O)cc1)N1CCN(C)CC1. The zero-order valence-corrected chi connectivity index (χ0v) is 12.5. The minimum absolute atomic E-state index is 0.0358. The molecule has 1 aromatic rings. The number of nitrogens with zero attached hydrogens (tertiary/aromatic N) is 2. The van der Waals surface area contributed by atoms with Crippen LogP contribution in [0.5, 0.6) is 0 Å². The minimum atomic E-state index is -0.473. The summed E-state index contributed by atoms with van der Waals surface area (Å²) in [4.78, 5) is 27.7. The highest BCUT2D eigenvalue weighted by Gasteiger charge is 2.24. The molecule has 6 nitrogen and oxygen atoms in total. The van der Waals surface area contributed by atoms with Gasteiger partial charge in [-0.25, -0.2) is 0 Å². The van der Waals surface area contributed by atoms with Crippen molar-refractivity contribution in [3.8, 4) is 0 Å². The Labute approximate surface area is 124 Å². The van der Waals surface area contributed by atoms with Gasteiger partial charge in [0.15, 0.2) is 0 Å². The summed E-state index contributed by atoms with van der Waals surface area (Å²) in [6, 6.07) is 6.43. The first-order valence-corrected chi connectivity index (χ1v) is 7.10. The van der Waals surface area contributed by atoms with Crippen LogP contribution in [0, 0.1) is 0 Å². The molecule has 1 saturated heterocycles. The molecule has 0 bridgehead atoms. The molecule has 0 unspecified atom stereocenters. The van der Waals surface area contributed by atoms with Crippen molar-refractivity contribution in [2.75, 3.05) is 38.5 Å². The average Bonchev–Trinajstić information content (AvgIpc) is 2.47. The van der Waals surface area contributed by atoms with Gasteiger partial charge in [0.1, 0.15) is 0 Å². The minimum Gasteiger partial charge on any atom is -0.366 e. The molecule has 1 heterocycles. The van der Waals surface area contributed by atoms with E-state index >= 15 is 0 Å². The van der Waals surface area contributed by atoms with Gasteiger partial charge in [-0.2, -0.15) is 0 Å². The maximum atomic E-state index is 12.3. The van der Waals surface area contributed by atoms with Gasteiger partial charge in [0.25, 0.3) is 0 Å². The maximum Gasteiger partial charge on any atom is 0.248 e. The van der Waals surface area contributed by atoms with E-state index in [9.17, 15) is 9.59 Å². The van der Waals surface area contributed by atoms with Gasteiger partial charge in [-0.1, -0.05) is 0 Å². The number of anilines is 1. The Kier molecular flexibility index (Phi) is 4.93. The molecular weight excluding hydrogens is 268 g/mol. The fourth-order valence-electron chi connectivity index (χ4n) is 2.34. The predicted molar refractivity (Wildman–Crippen MR) is 82.1 cm³/mol. The zero-order valence-electron chi connectivity index (χ0n) is 12.5. The molecule has 1 aliphatic rings. The van der Waals surface area contributed by atoms with Gasteiger partial charge < -0.3 is 16.0 Å². The summed E-state index contributed by atoms with van der Waals surface area (Å²) in [6.07, 6.45) is 0. The normalized spacial score (nSPS) is 18.2. The Morgan fingerprint density at radius 3 is 2.24 bits per heavy atom. The smallest absolute Gasteiger partial charge is 0.248 e. The van der Waals surface area contributed by atoms with E-state index in [0.717, 1.165) is 26.2 Å². The average molecular weight is 290 g/mol. The van der Waals surface area contributed by atoms with E-state index in [1.165, 1.54) is 0 Å². The largest absolute Gasteiger partial charge is 0.366 e. The van der Waals surface area contributed by atoms with E-state index in [1.54, 1.807) is 24.3 Å². The molecule has 2 rings (SSSR count). The topological polar surface area (TPSA) is 78.7 Å². The molecule has 1 fully saturated rings. The van der Waals surface area contributed by atoms with Crippen LogP contribution in [-0.4, -0.2) is 60.9 Å². The first kappa shape index (κ1) is 15.5. The third-order valence-electron chi connectivity index (χ3n) is 3.90. The van der Waals surface area contributed by atoms with E-state index in [2.05, 4.69) is 22.2 Å². The summed E-state index contributed by atoms with van der Waals surface area (Å²) < 4.78 is 0. The van der Waals surface area contributed by atoms with Crippen molar-refractivity contribution in [1.29, 1.82) is 0 Å². The summed E-state index contributed by atoms with van der Waals surface area (Å²) in [5, 5.41) is 2.87. The molecule has 0 saturated carbocycles. The third kappa shape index (κ3) is 4.03. The summed E-state index contributed by atoms with van der Waals surface area (Å²) in [5.41, 5.74) is 6.29. The highest BCUT2D eigenvalue weighted by molar-refractivity contribution is 5.96. The van der Waals surface area contributed by atoms with Crippen molar-refractivity contribution in [3.63, 3.8) is 0 Å². The lowest BCUT2D eigenvalue weighted by Crippen LogP contribution is -2.51. The predicted octanol–water partition coefficient (Wildman–Crippen LogP) is 0.360. The monoisotopic (exact) mass is 290 g/mol. The van der Waals surface area contributed by atoms with Crippen LogP contribution in [-0.2, 0) is 4.79 Å². The van der Waals surface area contributed by atoms with Crippen LogP contribution in [0.25, 0.3) is 0 Å². The fraction of sp³-hybridized carbons (Fsp3) is 0.467. The molecular formula is C15H22N4O2. The van der Waals surface area contributed by atoms with Crippen LogP contribution >= 0.6 is 0 Å². The van der Waals surface area contributed by atoms with E-state index in [0.29, 0.717) is 11.3 Å². The molecule has 114 valence electrons. The van der Waals surface area contributed by atoms with Crippen molar-refractivity contribution in [2.45, 2.75) is 13.0 Å². The van der Waals surface area contributed by atoms with E-state index in [4.69, 9.17) is 5.73 Å². The lowest BCUT2D eigenvalue weighted by atomic mass is 10.2. The van der Waals surface area contributed by atoms with Gasteiger partial charge in [0.05, 0.1) is 6.04 Å². The van der Waals surface area contributed by atoms with Crippen molar-refractivity contribution >= 4 is 17.5 Å². The molecule has 2 amide bonds. The summed E-state index contributed by atoms with van der Waals surface area (Å²) in [7, 11) is 2.09. The number of hydrogen-bond acceptors (Lipinski definition) is 4. The Balaban J connectivity index is 1.92. The summed E-state index contributed by atoms with van der Waals surface area (Å²) >= 11 is 0. The Morgan fingerprint density at radius 1 is 1.14 bits per heavy atom. The maximum absolute atomic E-state index is 12.3. The van der Waals surface area contributed by atoms with Crippen molar-refractivity contribution in [2.24, 2.45) is 5.73 Å². The van der Waals surface area contributed by atoms with Crippen LogP contribution in [0.4, 0.5) is 5.69 Å². The van der Waals surface area contributed by atoms with Crippen molar-refractivity contribution in [3.05, 3.63) is 29.8 Å². The number of rotatable bonds is 4. The molecule has 6 heteroatoms. The number of hydrogen-bond donors (Lipinski definition) is 2. The van der Waals surface area contributed by atoms with Crippen molar-refractivity contribution < 1.29 is 9.59 Å². The number of nitrogens with two attached hydrogens (primary N) is 1. The van der Waals surface area contributed by atoms with Crippen molar-refractivity contribution in [1.82, 2.24) is 9.80 Å². The standard InChI is InChI=1S/C15H22N4O2/c1-11(19-9-7-18(2)8-10-19)15(21)17-13-5-3-12(4-6-13)14(16)20/h3-6,11H,7-10H2,1-2H3,(H2,16,20)(H,17,21)/t11-/m0/s1. The highest BCUT2D eigenvalue weighted by Crippen LogP contribution is 2.12. The summed E-state index contributed by atoms with van der Waals surface area (Å²) in [5.74, 6) is -0.509. The second-order valence-corrected chi connectivity index (χ2v) is 5.45. The highest BCUT2D eigenvalue weighted by atomic mass is 16.2. The third-order valence-corrected chi connectivity index (χ3v) is 3.90. The van der Waals surface area contributed by atoms with Gasteiger partial charge >= 0.3 is 0 Å². The number of likely N-dealkylation sites (N-methyl/N-ethyl adjacent to an activating group) is 1. The van der Waals surface area contributed by atoms with Gasteiger partial charge in [-0.15, -0.1) is 0 Å². The van der Waals surface area contributed by atoms with Crippen LogP contribution in [0.15, 0.2) is 24.3 Å². The van der Waals surface area contributed by atoms with Gasteiger partial charge in [-0.3, -0.25) is 14.5 Å². The lowest BCUT2D eigenvalue weighted by molar-refractivity contribution is -0.121. The molecule has 0 aliphatic carbocycles. The van der Waals surface area contributed by atoms with Gasteiger partial charge in [0, 0.05) is 37.4 Å². The second kappa shape index (κ2) is 6.69. The number of carbonyl (C=O) groups is 2. The van der Waals surface area contributed by atoms with Gasteiger partial charge in [0.2, 0.25) is 11.8 Å². The Morgan fingerprint density at radius 2 is 1.71 bits per heavy atom. The second-order valence-electron chi connectivity index (χ2n) is 5.45. The van der Waals surface area contributed by atoms with Crippen LogP contribution in [0.1, 0.15) is 17.3 Å². The molecule has 3 N–H and O–H groups in total. The molecule has 21 heavy (non-hydrogen) atoms. The molecule has 1 aliphatic heterocycles. The zero-order chi connectivity index (χ0) is 15.4. The summed E-state index contributed by atoms with van der Waals surface area (Å²) in [6.45, 7) is 5.66. The molecule has 0 radical (unpaired) electrons.